The second kappa shape index (κ2) is 3.35. The van der Waals surface area contributed by atoms with Gasteiger partial charge in [-0.3, -0.25) is 4.98 Å². The fourth-order valence-electron chi connectivity index (χ4n) is 2.29. The van der Waals surface area contributed by atoms with Crippen molar-refractivity contribution in [1.29, 1.82) is 0 Å². The lowest BCUT2D eigenvalue weighted by Crippen LogP contribution is -2.43. The smallest absolute Gasteiger partial charge is 0.0625 e. The molecule has 1 aliphatic carbocycles. The molecule has 78 valence electrons. The van der Waals surface area contributed by atoms with Gasteiger partial charge in [-0.05, 0) is 24.6 Å². The zero-order valence-electron chi connectivity index (χ0n) is 8.69. The first-order valence-electron chi connectivity index (χ1n) is 5.47. The van der Waals surface area contributed by atoms with Gasteiger partial charge in [0.25, 0.3) is 0 Å². The Morgan fingerprint density at radius 1 is 1.53 bits per heavy atom. The molecule has 2 fully saturated rings. The molecule has 1 aromatic rings. The van der Waals surface area contributed by atoms with E-state index in [-0.39, 0.29) is 0 Å². The SMILES string of the molecule is C=Cc1ccc(N2CCNC3CC32)cn1. The van der Waals surface area contributed by atoms with Crippen molar-refractivity contribution in [3.8, 4) is 0 Å². The monoisotopic (exact) mass is 201 g/mol. The highest BCUT2D eigenvalue weighted by Gasteiger charge is 2.44. The number of nitrogens with one attached hydrogen (secondary N) is 1. The van der Waals surface area contributed by atoms with E-state index in [2.05, 4.69) is 27.8 Å². The van der Waals surface area contributed by atoms with Crippen LogP contribution < -0.4 is 10.2 Å². The Bertz CT molecular complexity index is 371. The zero-order chi connectivity index (χ0) is 10.3. The van der Waals surface area contributed by atoms with Crippen LogP contribution in [0.2, 0.25) is 0 Å². The van der Waals surface area contributed by atoms with Crippen LogP contribution in [0.1, 0.15) is 12.1 Å². The van der Waals surface area contributed by atoms with Crippen LogP contribution in [-0.4, -0.2) is 30.2 Å². The van der Waals surface area contributed by atoms with Gasteiger partial charge in [-0.2, -0.15) is 0 Å². The van der Waals surface area contributed by atoms with Gasteiger partial charge in [0.05, 0.1) is 17.6 Å². The van der Waals surface area contributed by atoms with Crippen molar-refractivity contribution in [3.05, 3.63) is 30.6 Å². The summed E-state index contributed by atoms with van der Waals surface area (Å²) >= 11 is 0. The highest BCUT2D eigenvalue weighted by molar-refractivity contribution is 5.52. The van der Waals surface area contributed by atoms with Crippen molar-refractivity contribution in [3.63, 3.8) is 0 Å². The van der Waals surface area contributed by atoms with Crippen molar-refractivity contribution in [2.75, 3.05) is 18.0 Å². The molecule has 2 atom stereocenters. The maximum absolute atomic E-state index is 4.35. The summed E-state index contributed by atoms with van der Waals surface area (Å²) in [5.41, 5.74) is 2.19. The standard InChI is InChI=1S/C12H15N3/c1-2-9-3-4-10(8-14-9)15-6-5-13-11-7-12(11)15/h2-4,8,11-13H,1,5-7H2. The van der Waals surface area contributed by atoms with Crippen molar-refractivity contribution >= 4 is 11.8 Å². The molecule has 3 nitrogen and oxygen atoms in total. The molecular formula is C12H15N3. The quantitative estimate of drug-likeness (QED) is 0.781. The fraction of sp³-hybridized carbons (Fsp3) is 0.417. The Balaban J connectivity index is 1.82. The molecule has 2 unspecified atom stereocenters. The van der Waals surface area contributed by atoms with E-state index < -0.39 is 0 Å². The molecule has 1 aliphatic heterocycles. The van der Waals surface area contributed by atoms with Gasteiger partial charge >= 0.3 is 0 Å². The average Bonchev–Trinajstić information content (AvgIpc) is 3.08. The number of rotatable bonds is 2. The Kier molecular flexibility index (Phi) is 1.99. The largest absolute Gasteiger partial charge is 0.364 e. The van der Waals surface area contributed by atoms with Gasteiger partial charge < -0.3 is 10.2 Å². The molecule has 1 N–H and O–H groups in total. The van der Waals surface area contributed by atoms with Crippen molar-refractivity contribution < 1.29 is 0 Å². The topological polar surface area (TPSA) is 28.2 Å². The van der Waals surface area contributed by atoms with Gasteiger partial charge in [0.15, 0.2) is 0 Å². The lowest BCUT2D eigenvalue weighted by Gasteiger charge is -2.29. The lowest BCUT2D eigenvalue weighted by molar-refractivity contribution is 0.581. The van der Waals surface area contributed by atoms with Crippen LogP contribution in [0.15, 0.2) is 24.9 Å². The van der Waals surface area contributed by atoms with E-state index in [1.54, 1.807) is 6.08 Å². The molecule has 1 saturated heterocycles. The van der Waals surface area contributed by atoms with Gasteiger partial charge in [0.2, 0.25) is 0 Å². The minimum atomic E-state index is 0.704. The first kappa shape index (κ1) is 8.92. The minimum Gasteiger partial charge on any atom is -0.364 e. The van der Waals surface area contributed by atoms with E-state index in [1.165, 1.54) is 12.1 Å². The molecule has 3 rings (SSSR count). The predicted molar refractivity (Wildman–Crippen MR) is 61.9 cm³/mol. The first-order valence-corrected chi connectivity index (χ1v) is 5.47. The third-order valence-electron chi connectivity index (χ3n) is 3.23. The number of anilines is 1. The zero-order valence-corrected chi connectivity index (χ0v) is 8.69. The highest BCUT2D eigenvalue weighted by atomic mass is 15.3. The summed E-state index contributed by atoms with van der Waals surface area (Å²) in [7, 11) is 0. The van der Waals surface area contributed by atoms with Crippen molar-refractivity contribution in [2.45, 2.75) is 18.5 Å². The number of pyridine rings is 1. The fourth-order valence-corrected chi connectivity index (χ4v) is 2.29. The molecule has 1 aromatic heterocycles. The molecule has 2 heterocycles. The number of piperazine rings is 1. The van der Waals surface area contributed by atoms with Gasteiger partial charge in [0.1, 0.15) is 0 Å². The van der Waals surface area contributed by atoms with E-state index in [0.29, 0.717) is 6.04 Å². The van der Waals surface area contributed by atoms with Crippen molar-refractivity contribution in [1.82, 2.24) is 10.3 Å². The minimum absolute atomic E-state index is 0.704. The Morgan fingerprint density at radius 3 is 3.20 bits per heavy atom. The van der Waals surface area contributed by atoms with Crippen LogP contribution in [-0.2, 0) is 0 Å². The van der Waals surface area contributed by atoms with E-state index >= 15 is 0 Å². The van der Waals surface area contributed by atoms with E-state index in [9.17, 15) is 0 Å². The summed E-state index contributed by atoms with van der Waals surface area (Å²) in [5, 5.41) is 3.50. The molecular weight excluding hydrogens is 186 g/mol. The second-order valence-electron chi connectivity index (χ2n) is 4.20. The van der Waals surface area contributed by atoms with Crippen LogP contribution in [0.3, 0.4) is 0 Å². The molecule has 2 aliphatic rings. The summed E-state index contributed by atoms with van der Waals surface area (Å²) in [6.07, 6.45) is 5.02. The molecule has 0 amide bonds. The Hall–Kier alpha value is -1.35. The molecule has 1 saturated carbocycles. The van der Waals surface area contributed by atoms with Crippen LogP contribution in [0, 0.1) is 0 Å². The van der Waals surface area contributed by atoms with Gasteiger partial charge in [0, 0.05) is 25.2 Å². The molecule has 0 radical (unpaired) electrons. The van der Waals surface area contributed by atoms with Crippen LogP contribution in [0.25, 0.3) is 6.08 Å². The molecule has 0 spiro atoms. The Labute approximate surface area is 89.8 Å². The Morgan fingerprint density at radius 2 is 2.47 bits per heavy atom. The van der Waals surface area contributed by atoms with Gasteiger partial charge in [-0.1, -0.05) is 6.58 Å². The van der Waals surface area contributed by atoms with Gasteiger partial charge in [-0.15, -0.1) is 0 Å². The third-order valence-corrected chi connectivity index (χ3v) is 3.23. The van der Waals surface area contributed by atoms with E-state index in [1.807, 2.05) is 12.3 Å². The highest BCUT2D eigenvalue weighted by Crippen LogP contribution is 2.34. The number of fused-ring (bicyclic) bond motifs is 1. The second-order valence-corrected chi connectivity index (χ2v) is 4.20. The maximum atomic E-state index is 4.35. The van der Waals surface area contributed by atoms with E-state index in [0.717, 1.165) is 24.8 Å². The summed E-state index contributed by atoms with van der Waals surface area (Å²) in [6, 6.07) is 5.60. The van der Waals surface area contributed by atoms with Crippen LogP contribution in [0.5, 0.6) is 0 Å². The van der Waals surface area contributed by atoms with Crippen molar-refractivity contribution in [2.24, 2.45) is 0 Å². The lowest BCUT2D eigenvalue weighted by atomic mass is 10.2. The number of hydrogen-bond acceptors (Lipinski definition) is 3. The molecule has 3 heteroatoms. The number of aromatic nitrogens is 1. The molecule has 0 aromatic carbocycles. The summed E-state index contributed by atoms with van der Waals surface area (Å²) < 4.78 is 0. The molecule has 0 bridgehead atoms. The first-order chi connectivity index (χ1) is 7.38. The number of hydrogen-bond donors (Lipinski definition) is 1. The third kappa shape index (κ3) is 1.53. The number of nitrogens with zero attached hydrogens (tertiary/aromatic N) is 2. The van der Waals surface area contributed by atoms with Gasteiger partial charge in [-0.25, -0.2) is 0 Å². The van der Waals surface area contributed by atoms with E-state index in [4.69, 9.17) is 0 Å². The van der Waals surface area contributed by atoms with Crippen LogP contribution >= 0.6 is 0 Å². The van der Waals surface area contributed by atoms with Crippen LogP contribution in [0.4, 0.5) is 5.69 Å². The average molecular weight is 201 g/mol. The molecule has 15 heavy (non-hydrogen) atoms. The predicted octanol–water partition coefficient (Wildman–Crippen LogP) is 1.28. The summed E-state index contributed by atoms with van der Waals surface area (Å²) in [4.78, 5) is 6.80. The summed E-state index contributed by atoms with van der Waals surface area (Å²) in [6.45, 7) is 5.89. The maximum Gasteiger partial charge on any atom is 0.0625 e. The summed E-state index contributed by atoms with van der Waals surface area (Å²) in [5.74, 6) is 0. The normalized spacial score (nSPS) is 28.4.